The molecule has 4 nitrogen and oxygen atoms in total. The summed E-state index contributed by atoms with van der Waals surface area (Å²) in [4.78, 5) is 24.1. The molecule has 16 heavy (non-hydrogen) atoms. The molecule has 0 bridgehead atoms. The number of carbonyl (C=O) groups excluding carboxylic acids is 2. The lowest BCUT2D eigenvalue weighted by atomic mass is 10.3. The Hall–Kier alpha value is -1.36. The minimum absolute atomic E-state index is 0.0773. The van der Waals surface area contributed by atoms with E-state index in [1.165, 1.54) is 18.3 Å². The Kier molecular flexibility index (Phi) is 4.49. The van der Waals surface area contributed by atoms with Crippen LogP contribution in [-0.2, 0) is 4.79 Å². The van der Waals surface area contributed by atoms with Crippen LogP contribution >= 0.6 is 11.3 Å². The number of thiophene rings is 1. The maximum Gasteiger partial charge on any atom is 0.261 e. The Labute approximate surface area is 99.0 Å². The molecule has 0 saturated heterocycles. The Morgan fingerprint density at radius 2 is 1.88 bits per heavy atom. The van der Waals surface area contributed by atoms with Crippen LogP contribution in [0.15, 0.2) is 6.07 Å². The van der Waals surface area contributed by atoms with Crippen LogP contribution in [0.1, 0.15) is 27.0 Å². The van der Waals surface area contributed by atoms with E-state index in [-0.39, 0.29) is 11.8 Å². The van der Waals surface area contributed by atoms with E-state index in [0.717, 1.165) is 15.3 Å². The van der Waals surface area contributed by atoms with Gasteiger partial charge in [-0.3, -0.25) is 9.59 Å². The smallest absolute Gasteiger partial charge is 0.261 e. The van der Waals surface area contributed by atoms with Crippen molar-refractivity contribution in [2.45, 2.75) is 20.8 Å². The van der Waals surface area contributed by atoms with E-state index in [9.17, 15) is 9.59 Å². The fraction of sp³-hybridized carbons (Fsp3) is 0.455. The van der Waals surface area contributed by atoms with E-state index in [4.69, 9.17) is 0 Å². The maximum atomic E-state index is 11.6. The van der Waals surface area contributed by atoms with E-state index in [0.29, 0.717) is 13.1 Å². The topological polar surface area (TPSA) is 58.2 Å². The molecule has 0 saturated carbocycles. The molecule has 5 heteroatoms. The molecule has 1 aromatic rings. The van der Waals surface area contributed by atoms with Gasteiger partial charge in [-0.1, -0.05) is 0 Å². The van der Waals surface area contributed by atoms with Crippen molar-refractivity contribution in [3.63, 3.8) is 0 Å². The highest BCUT2D eigenvalue weighted by molar-refractivity contribution is 7.14. The van der Waals surface area contributed by atoms with Crippen LogP contribution in [0, 0.1) is 13.8 Å². The molecule has 0 spiro atoms. The molecule has 2 amide bonds. The number of nitrogens with one attached hydrogen (secondary N) is 2. The van der Waals surface area contributed by atoms with Gasteiger partial charge in [0.25, 0.3) is 5.91 Å². The molecule has 88 valence electrons. The lowest BCUT2D eigenvalue weighted by Crippen LogP contribution is -2.33. The van der Waals surface area contributed by atoms with Crippen LogP contribution in [0.2, 0.25) is 0 Å². The number of rotatable bonds is 4. The van der Waals surface area contributed by atoms with E-state index < -0.39 is 0 Å². The minimum Gasteiger partial charge on any atom is -0.355 e. The molecule has 0 radical (unpaired) electrons. The molecule has 1 rings (SSSR count). The second-order valence-electron chi connectivity index (χ2n) is 3.59. The van der Waals surface area contributed by atoms with Gasteiger partial charge in [-0.05, 0) is 25.5 Å². The molecule has 0 atom stereocenters. The van der Waals surface area contributed by atoms with Gasteiger partial charge in [0.05, 0.1) is 4.88 Å². The van der Waals surface area contributed by atoms with Crippen molar-refractivity contribution >= 4 is 23.2 Å². The lowest BCUT2D eigenvalue weighted by Gasteiger charge is -2.03. The Morgan fingerprint density at radius 1 is 1.25 bits per heavy atom. The van der Waals surface area contributed by atoms with Crippen molar-refractivity contribution in [3.05, 3.63) is 21.4 Å². The van der Waals surface area contributed by atoms with Crippen LogP contribution < -0.4 is 10.6 Å². The quantitative estimate of drug-likeness (QED) is 0.778. The summed E-state index contributed by atoms with van der Waals surface area (Å²) in [5.41, 5.74) is 1.14. The van der Waals surface area contributed by atoms with Crippen molar-refractivity contribution in [3.8, 4) is 0 Å². The summed E-state index contributed by atoms with van der Waals surface area (Å²) in [7, 11) is 0. The van der Waals surface area contributed by atoms with Gasteiger partial charge in [0.15, 0.2) is 0 Å². The summed E-state index contributed by atoms with van der Waals surface area (Å²) in [5, 5.41) is 5.37. The lowest BCUT2D eigenvalue weighted by molar-refractivity contribution is -0.118. The van der Waals surface area contributed by atoms with Crippen LogP contribution in [0.3, 0.4) is 0 Å². The highest BCUT2D eigenvalue weighted by Gasteiger charge is 2.09. The monoisotopic (exact) mass is 240 g/mol. The molecule has 0 aliphatic heterocycles. The third-order valence-electron chi connectivity index (χ3n) is 2.17. The van der Waals surface area contributed by atoms with Crippen LogP contribution in [0.4, 0.5) is 0 Å². The summed E-state index contributed by atoms with van der Waals surface area (Å²) in [5.74, 6) is -0.163. The van der Waals surface area contributed by atoms with E-state index in [1.54, 1.807) is 0 Å². The van der Waals surface area contributed by atoms with Gasteiger partial charge in [-0.25, -0.2) is 0 Å². The molecule has 1 heterocycles. The first kappa shape index (κ1) is 12.7. The molecule has 1 aromatic heterocycles. The zero-order valence-corrected chi connectivity index (χ0v) is 10.5. The highest BCUT2D eigenvalue weighted by atomic mass is 32.1. The molecular formula is C11H16N2O2S. The Morgan fingerprint density at radius 3 is 2.38 bits per heavy atom. The normalized spacial score (nSPS) is 9.94. The van der Waals surface area contributed by atoms with E-state index in [2.05, 4.69) is 10.6 Å². The van der Waals surface area contributed by atoms with Gasteiger partial charge < -0.3 is 10.6 Å². The predicted octanol–water partition coefficient (Wildman–Crippen LogP) is 1.23. The largest absolute Gasteiger partial charge is 0.355 e. The zero-order chi connectivity index (χ0) is 12.1. The number of amides is 2. The second kappa shape index (κ2) is 5.65. The van der Waals surface area contributed by atoms with Gasteiger partial charge in [0.2, 0.25) is 5.91 Å². The molecule has 0 aliphatic rings. The van der Waals surface area contributed by atoms with Crippen molar-refractivity contribution in [2.75, 3.05) is 13.1 Å². The van der Waals surface area contributed by atoms with E-state index in [1.807, 2.05) is 19.9 Å². The first-order chi connectivity index (χ1) is 7.50. The summed E-state index contributed by atoms with van der Waals surface area (Å²) in [6.45, 7) is 6.35. The van der Waals surface area contributed by atoms with Crippen LogP contribution in [-0.4, -0.2) is 24.9 Å². The third-order valence-corrected chi connectivity index (χ3v) is 3.33. The minimum atomic E-state index is -0.0861. The molecular weight excluding hydrogens is 224 g/mol. The van der Waals surface area contributed by atoms with Gasteiger partial charge in [0.1, 0.15) is 0 Å². The molecule has 2 N–H and O–H groups in total. The summed E-state index contributed by atoms with van der Waals surface area (Å²) >= 11 is 1.49. The maximum absolute atomic E-state index is 11.6. The average molecular weight is 240 g/mol. The number of hydrogen-bond donors (Lipinski definition) is 2. The summed E-state index contributed by atoms with van der Waals surface area (Å²) in [6, 6.07) is 1.88. The second-order valence-corrected chi connectivity index (χ2v) is 4.85. The highest BCUT2D eigenvalue weighted by Crippen LogP contribution is 2.20. The zero-order valence-electron chi connectivity index (χ0n) is 9.72. The number of aryl methyl sites for hydroxylation is 2. The van der Waals surface area contributed by atoms with Gasteiger partial charge in [-0.15, -0.1) is 11.3 Å². The van der Waals surface area contributed by atoms with Gasteiger partial charge in [0, 0.05) is 24.9 Å². The fourth-order valence-corrected chi connectivity index (χ4v) is 2.14. The first-order valence-corrected chi connectivity index (χ1v) is 5.92. The average Bonchev–Trinajstić information content (AvgIpc) is 2.54. The predicted molar refractivity (Wildman–Crippen MR) is 64.8 cm³/mol. The summed E-state index contributed by atoms with van der Waals surface area (Å²) < 4.78 is 0. The van der Waals surface area contributed by atoms with Crippen molar-refractivity contribution in [1.29, 1.82) is 0 Å². The third kappa shape index (κ3) is 3.66. The first-order valence-electron chi connectivity index (χ1n) is 5.10. The van der Waals surface area contributed by atoms with Crippen molar-refractivity contribution < 1.29 is 9.59 Å². The SMILES string of the molecule is CC(=O)NCCNC(=O)c1cc(C)c(C)s1. The molecule has 0 aliphatic carbocycles. The number of hydrogen-bond acceptors (Lipinski definition) is 3. The van der Waals surface area contributed by atoms with Crippen molar-refractivity contribution in [2.24, 2.45) is 0 Å². The molecule has 0 fully saturated rings. The van der Waals surface area contributed by atoms with Crippen molar-refractivity contribution in [1.82, 2.24) is 10.6 Å². The molecule has 0 aromatic carbocycles. The number of carbonyl (C=O) groups is 2. The van der Waals surface area contributed by atoms with Crippen LogP contribution in [0.5, 0.6) is 0 Å². The molecule has 0 unspecified atom stereocenters. The fourth-order valence-electron chi connectivity index (χ4n) is 1.19. The Balaban J connectivity index is 2.38. The van der Waals surface area contributed by atoms with Crippen LogP contribution in [0.25, 0.3) is 0 Å². The standard InChI is InChI=1S/C11H16N2O2S/c1-7-6-10(16-8(7)2)11(15)13-5-4-12-9(3)14/h6H,4-5H2,1-3H3,(H,12,14)(H,13,15). The Bertz CT molecular complexity index is 379. The van der Waals surface area contributed by atoms with E-state index >= 15 is 0 Å². The van der Waals surface area contributed by atoms with Gasteiger partial charge in [-0.2, -0.15) is 0 Å². The summed E-state index contributed by atoms with van der Waals surface area (Å²) in [6.07, 6.45) is 0. The van der Waals surface area contributed by atoms with Gasteiger partial charge >= 0.3 is 0 Å².